The summed E-state index contributed by atoms with van der Waals surface area (Å²) in [6, 6.07) is 0. The molecule has 0 aromatic rings. The van der Waals surface area contributed by atoms with Crippen LogP contribution in [0.25, 0.3) is 0 Å². The smallest absolute Gasteiger partial charge is 0.326 e. The maximum absolute atomic E-state index is 12.1. The molecule has 2 rings (SSSR count). The van der Waals surface area contributed by atoms with E-state index in [2.05, 4.69) is 12.2 Å². The molecule has 0 bridgehead atoms. The summed E-state index contributed by atoms with van der Waals surface area (Å²) in [7, 11) is 1.47. The Morgan fingerprint density at radius 1 is 1.33 bits per heavy atom. The van der Waals surface area contributed by atoms with Gasteiger partial charge in [0, 0.05) is 26.2 Å². The Bertz CT molecular complexity index is 330. The standard InChI is InChI=1S/C16H29NO4/c1-3-8-17-16(15(18)19-2)7-4-14(11-16)21-12-13-5-9-20-10-6-13/h13-14,17H,3-12H2,1-2H3. The molecule has 122 valence electrons. The van der Waals surface area contributed by atoms with Crippen LogP contribution in [0.1, 0.15) is 45.4 Å². The van der Waals surface area contributed by atoms with E-state index in [0.717, 1.165) is 64.9 Å². The van der Waals surface area contributed by atoms with E-state index in [1.54, 1.807) is 0 Å². The lowest BCUT2D eigenvalue weighted by molar-refractivity contribution is -0.149. The number of hydrogen-bond donors (Lipinski definition) is 1. The van der Waals surface area contributed by atoms with Crippen LogP contribution in [0, 0.1) is 5.92 Å². The van der Waals surface area contributed by atoms with Gasteiger partial charge in [-0.05, 0) is 44.6 Å². The number of hydrogen-bond acceptors (Lipinski definition) is 5. The van der Waals surface area contributed by atoms with E-state index >= 15 is 0 Å². The molecule has 0 aromatic heterocycles. The minimum atomic E-state index is -0.537. The summed E-state index contributed by atoms with van der Waals surface area (Å²) in [5.74, 6) is 0.462. The fraction of sp³-hybridized carbons (Fsp3) is 0.938. The summed E-state index contributed by atoms with van der Waals surface area (Å²) in [6.07, 6.45) is 5.80. The summed E-state index contributed by atoms with van der Waals surface area (Å²) in [5.41, 5.74) is -0.537. The lowest BCUT2D eigenvalue weighted by atomic mass is 9.97. The first-order valence-corrected chi connectivity index (χ1v) is 8.23. The van der Waals surface area contributed by atoms with Gasteiger partial charge in [0.2, 0.25) is 0 Å². The van der Waals surface area contributed by atoms with Crippen LogP contribution in [0.5, 0.6) is 0 Å². The van der Waals surface area contributed by atoms with Crippen molar-refractivity contribution in [3.63, 3.8) is 0 Å². The Balaban J connectivity index is 1.82. The van der Waals surface area contributed by atoms with Crippen LogP contribution in [0.2, 0.25) is 0 Å². The minimum Gasteiger partial charge on any atom is -0.468 e. The molecule has 1 saturated heterocycles. The third-order valence-corrected chi connectivity index (χ3v) is 4.67. The van der Waals surface area contributed by atoms with E-state index in [0.29, 0.717) is 5.92 Å². The van der Waals surface area contributed by atoms with Gasteiger partial charge in [0.25, 0.3) is 0 Å². The first kappa shape index (κ1) is 16.7. The number of rotatable bonds is 7. The monoisotopic (exact) mass is 299 g/mol. The van der Waals surface area contributed by atoms with Crippen LogP contribution in [-0.4, -0.2) is 51.1 Å². The molecule has 1 aliphatic heterocycles. The largest absolute Gasteiger partial charge is 0.468 e. The van der Waals surface area contributed by atoms with Crippen molar-refractivity contribution in [2.75, 3.05) is 33.5 Å². The predicted octanol–water partition coefficient (Wildman–Crippen LogP) is 1.89. The van der Waals surface area contributed by atoms with Crippen LogP contribution in [0.4, 0.5) is 0 Å². The van der Waals surface area contributed by atoms with Gasteiger partial charge in [-0.1, -0.05) is 6.92 Å². The average Bonchev–Trinajstić information content (AvgIpc) is 2.96. The molecule has 1 heterocycles. The Hall–Kier alpha value is -0.650. The maximum atomic E-state index is 12.1. The van der Waals surface area contributed by atoms with Gasteiger partial charge in [-0.15, -0.1) is 0 Å². The lowest BCUT2D eigenvalue weighted by Gasteiger charge is -2.28. The normalized spacial score (nSPS) is 30.5. The van der Waals surface area contributed by atoms with Crippen molar-refractivity contribution < 1.29 is 19.0 Å². The van der Waals surface area contributed by atoms with E-state index in [1.165, 1.54) is 7.11 Å². The molecule has 0 aromatic carbocycles. The molecular formula is C16H29NO4. The van der Waals surface area contributed by atoms with Gasteiger partial charge >= 0.3 is 5.97 Å². The molecule has 0 spiro atoms. The van der Waals surface area contributed by atoms with Crippen LogP contribution < -0.4 is 5.32 Å². The van der Waals surface area contributed by atoms with Gasteiger partial charge in [0.05, 0.1) is 13.2 Å². The van der Waals surface area contributed by atoms with Crippen molar-refractivity contribution in [3.8, 4) is 0 Å². The molecule has 21 heavy (non-hydrogen) atoms. The highest BCUT2D eigenvalue weighted by molar-refractivity contribution is 5.81. The van der Waals surface area contributed by atoms with Gasteiger partial charge in [0.15, 0.2) is 0 Å². The summed E-state index contributed by atoms with van der Waals surface area (Å²) in [5, 5.41) is 3.39. The highest BCUT2D eigenvalue weighted by atomic mass is 16.5. The number of esters is 1. The molecule has 5 heteroatoms. The maximum Gasteiger partial charge on any atom is 0.326 e. The molecular weight excluding hydrogens is 270 g/mol. The molecule has 1 aliphatic carbocycles. The Morgan fingerprint density at radius 2 is 2.10 bits per heavy atom. The van der Waals surface area contributed by atoms with Gasteiger partial charge in [-0.3, -0.25) is 4.79 Å². The van der Waals surface area contributed by atoms with E-state index in [4.69, 9.17) is 14.2 Å². The Kier molecular flexibility index (Phi) is 6.45. The molecule has 0 radical (unpaired) electrons. The third kappa shape index (κ3) is 4.41. The lowest BCUT2D eigenvalue weighted by Crippen LogP contribution is -2.51. The van der Waals surface area contributed by atoms with E-state index in [9.17, 15) is 4.79 Å². The number of methoxy groups -OCH3 is 1. The van der Waals surface area contributed by atoms with Crippen molar-refractivity contribution >= 4 is 5.97 Å². The molecule has 2 aliphatic rings. The zero-order valence-corrected chi connectivity index (χ0v) is 13.4. The average molecular weight is 299 g/mol. The topological polar surface area (TPSA) is 56.8 Å². The molecule has 1 N–H and O–H groups in total. The number of nitrogens with one attached hydrogen (secondary N) is 1. The van der Waals surface area contributed by atoms with Gasteiger partial charge in [-0.25, -0.2) is 0 Å². The Morgan fingerprint density at radius 3 is 2.76 bits per heavy atom. The quantitative estimate of drug-likeness (QED) is 0.728. The number of ether oxygens (including phenoxy) is 3. The van der Waals surface area contributed by atoms with Crippen molar-refractivity contribution in [1.29, 1.82) is 0 Å². The van der Waals surface area contributed by atoms with Crippen LogP contribution >= 0.6 is 0 Å². The fourth-order valence-corrected chi connectivity index (χ4v) is 3.31. The molecule has 1 saturated carbocycles. The highest BCUT2D eigenvalue weighted by Crippen LogP contribution is 2.33. The Labute approximate surface area is 127 Å². The third-order valence-electron chi connectivity index (χ3n) is 4.67. The van der Waals surface area contributed by atoms with E-state index in [-0.39, 0.29) is 12.1 Å². The SMILES string of the molecule is CCCNC1(C(=O)OC)CCC(OCC2CCOCC2)C1. The first-order chi connectivity index (χ1) is 10.2. The molecule has 2 fully saturated rings. The first-order valence-electron chi connectivity index (χ1n) is 8.23. The van der Waals surface area contributed by atoms with Crippen molar-refractivity contribution in [3.05, 3.63) is 0 Å². The molecule has 0 amide bonds. The van der Waals surface area contributed by atoms with Gasteiger partial charge < -0.3 is 19.5 Å². The van der Waals surface area contributed by atoms with E-state index < -0.39 is 5.54 Å². The van der Waals surface area contributed by atoms with Crippen molar-refractivity contribution in [2.45, 2.75) is 57.1 Å². The zero-order chi connectivity index (χ0) is 15.1. The second-order valence-corrected chi connectivity index (χ2v) is 6.25. The van der Waals surface area contributed by atoms with Crippen LogP contribution in [0.3, 0.4) is 0 Å². The predicted molar refractivity (Wildman–Crippen MR) is 80.2 cm³/mol. The molecule has 2 unspecified atom stereocenters. The number of carbonyl (C=O) groups is 1. The second-order valence-electron chi connectivity index (χ2n) is 6.25. The van der Waals surface area contributed by atoms with Crippen LogP contribution in [-0.2, 0) is 19.0 Å². The second kappa shape index (κ2) is 8.11. The molecule has 5 nitrogen and oxygen atoms in total. The highest BCUT2D eigenvalue weighted by Gasteiger charge is 2.46. The van der Waals surface area contributed by atoms with Gasteiger partial charge in [-0.2, -0.15) is 0 Å². The molecule has 2 atom stereocenters. The summed E-state index contributed by atoms with van der Waals surface area (Å²) >= 11 is 0. The fourth-order valence-electron chi connectivity index (χ4n) is 3.31. The zero-order valence-electron chi connectivity index (χ0n) is 13.4. The number of carbonyl (C=O) groups excluding carboxylic acids is 1. The van der Waals surface area contributed by atoms with Crippen LogP contribution in [0.15, 0.2) is 0 Å². The summed E-state index contributed by atoms with van der Waals surface area (Å²) in [6.45, 7) is 5.43. The van der Waals surface area contributed by atoms with Gasteiger partial charge in [0.1, 0.15) is 5.54 Å². The van der Waals surface area contributed by atoms with E-state index in [1.807, 2.05) is 0 Å². The summed E-state index contributed by atoms with van der Waals surface area (Å²) in [4.78, 5) is 12.1. The van der Waals surface area contributed by atoms with Crippen molar-refractivity contribution in [2.24, 2.45) is 5.92 Å². The minimum absolute atomic E-state index is 0.145. The van der Waals surface area contributed by atoms with Crippen molar-refractivity contribution in [1.82, 2.24) is 5.32 Å². The summed E-state index contributed by atoms with van der Waals surface area (Å²) < 4.78 is 16.4.